The van der Waals surface area contributed by atoms with Crippen molar-refractivity contribution in [2.45, 2.75) is 11.7 Å². The third-order valence-electron chi connectivity index (χ3n) is 4.59. The normalized spacial score (nSPS) is 11.0. The van der Waals surface area contributed by atoms with Crippen molar-refractivity contribution in [2.75, 3.05) is 11.1 Å². The Morgan fingerprint density at radius 3 is 2.66 bits per heavy atom. The summed E-state index contributed by atoms with van der Waals surface area (Å²) in [6.45, 7) is 0.259. The summed E-state index contributed by atoms with van der Waals surface area (Å²) < 4.78 is 14.9. The summed E-state index contributed by atoms with van der Waals surface area (Å²) in [5.41, 5.74) is 1.56. The molecule has 0 spiro atoms. The lowest BCUT2D eigenvalue weighted by Crippen LogP contribution is -2.25. The van der Waals surface area contributed by atoms with E-state index in [4.69, 9.17) is 23.2 Å². The molecule has 0 aliphatic rings. The molecule has 0 fully saturated rings. The van der Waals surface area contributed by atoms with E-state index in [0.29, 0.717) is 26.8 Å². The molecule has 0 saturated heterocycles. The summed E-state index contributed by atoms with van der Waals surface area (Å²) >= 11 is 13.0. The molecule has 5 nitrogen and oxygen atoms in total. The van der Waals surface area contributed by atoms with Crippen LogP contribution < -0.4 is 10.9 Å². The maximum atomic E-state index is 13.3. The highest BCUT2D eigenvalue weighted by atomic mass is 35.5. The van der Waals surface area contributed by atoms with Gasteiger partial charge in [-0.2, -0.15) is 0 Å². The standard InChI is InChI=1S/C23H16Cl2FN3O2S/c24-15-5-3-4-14(10-15)12-29-22(31)17-6-1-2-7-20(17)28-23(29)32-13-21(30)27-16-8-9-19(26)18(25)11-16/h1-11H,12-13H2,(H,27,30). The zero-order valence-electron chi connectivity index (χ0n) is 16.5. The lowest BCUT2D eigenvalue weighted by Gasteiger charge is -2.13. The topological polar surface area (TPSA) is 64.0 Å². The molecule has 0 aliphatic carbocycles. The van der Waals surface area contributed by atoms with Gasteiger partial charge in [0.15, 0.2) is 5.16 Å². The van der Waals surface area contributed by atoms with Crippen LogP contribution in [0.15, 0.2) is 76.7 Å². The molecule has 1 heterocycles. The lowest BCUT2D eigenvalue weighted by atomic mass is 10.2. The molecule has 3 aromatic carbocycles. The van der Waals surface area contributed by atoms with E-state index in [1.165, 1.54) is 22.8 Å². The van der Waals surface area contributed by atoms with Crippen LogP contribution in [-0.4, -0.2) is 21.2 Å². The molecular formula is C23H16Cl2FN3O2S. The van der Waals surface area contributed by atoms with Crippen LogP contribution in [0.1, 0.15) is 5.56 Å². The SMILES string of the molecule is O=C(CSc1nc2ccccc2c(=O)n1Cc1cccc(Cl)c1)Nc1ccc(F)c(Cl)c1. The van der Waals surface area contributed by atoms with Crippen molar-refractivity contribution < 1.29 is 9.18 Å². The summed E-state index contributed by atoms with van der Waals surface area (Å²) in [7, 11) is 0. The van der Waals surface area contributed by atoms with E-state index in [0.717, 1.165) is 17.3 Å². The first-order valence-corrected chi connectivity index (χ1v) is 11.3. The number of benzene rings is 3. The number of para-hydroxylation sites is 1. The van der Waals surface area contributed by atoms with E-state index in [2.05, 4.69) is 10.3 Å². The molecule has 162 valence electrons. The predicted molar refractivity (Wildman–Crippen MR) is 127 cm³/mol. The molecular weight excluding hydrogens is 472 g/mol. The molecule has 0 radical (unpaired) electrons. The van der Waals surface area contributed by atoms with Crippen LogP contribution in [-0.2, 0) is 11.3 Å². The van der Waals surface area contributed by atoms with E-state index in [1.807, 2.05) is 12.1 Å². The Morgan fingerprint density at radius 1 is 1.06 bits per heavy atom. The van der Waals surface area contributed by atoms with Gasteiger partial charge in [-0.3, -0.25) is 14.2 Å². The Bertz CT molecular complexity index is 1380. The van der Waals surface area contributed by atoms with Gasteiger partial charge in [0.25, 0.3) is 5.56 Å². The quantitative estimate of drug-likeness (QED) is 0.283. The maximum absolute atomic E-state index is 13.3. The van der Waals surface area contributed by atoms with Crippen molar-refractivity contribution in [2.24, 2.45) is 0 Å². The molecule has 4 rings (SSSR count). The number of anilines is 1. The van der Waals surface area contributed by atoms with Gasteiger partial charge >= 0.3 is 0 Å². The third kappa shape index (κ3) is 5.12. The van der Waals surface area contributed by atoms with Gasteiger partial charge < -0.3 is 5.32 Å². The van der Waals surface area contributed by atoms with Crippen molar-refractivity contribution in [1.29, 1.82) is 0 Å². The minimum atomic E-state index is -0.565. The van der Waals surface area contributed by atoms with Gasteiger partial charge in [-0.15, -0.1) is 0 Å². The number of amides is 1. The zero-order chi connectivity index (χ0) is 22.7. The molecule has 0 bridgehead atoms. The fourth-order valence-electron chi connectivity index (χ4n) is 3.12. The first-order valence-electron chi connectivity index (χ1n) is 9.52. The molecule has 0 saturated carbocycles. The number of hydrogen-bond donors (Lipinski definition) is 1. The minimum Gasteiger partial charge on any atom is -0.325 e. The van der Waals surface area contributed by atoms with Crippen molar-refractivity contribution in [3.05, 3.63) is 98.5 Å². The first-order chi connectivity index (χ1) is 15.4. The number of thioether (sulfide) groups is 1. The average molecular weight is 488 g/mol. The average Bonchev–Trinajstić information content (AvgIpc) is 2.77. The van der Waals surface area contributed by atoms with E-state index in [1.54, 1.807) is 36.4 Å². The lowest BCUT2D eigenvalue weighted by molar-refractivity contribution is -0.113. The summed E-state index contributed by atoms with van der Waals surface area (Å²) in [5.74, 6) is -0.909. The van der Waals surface area contributed by atoms with Gasteiger partial charge in [-0.25, -0.2) is 9.37 Å². The fraction of sp³-hybridized carbons (Fsp3) is 0.0870. The van der Waals surface area contributed by atoms with Gasteiger partial charge in [0.2, 0.25) is 5.91 Å². The predicted octanol–water partition coefficient (Wildman–Crippen LogP) is 5.62. The van der Waals surface area contributed by atoms with Gasteiger partial charge in [-0.05, 0) is 48.0 Å². The molecule has 1 N–H and O–H groups in total. The van der Waals surface area contributed by atoms with Crippen LogP contribution in [0.3, 0.4) is 0 Å². The summed E-state index contributed by atoms with van der Waals surface area (Å²) in [6.07, 6.45) is 0. The number of carbonyl (C=O) groups excluding carboxylic acids is 1. The summed E-state index contributed by atoms with van der Waals surface area (Å²) in [4.78, 5) is 30.2. The van der Waals surface area contributed by atoms with Gasteiger partial charge in [-0.1, -0.05) is 59.2 Å². The number of hydrogen-bond acceptors (Lipinski definition) is 4. The highest BCUT2D eigenvalue weighted by molar-refractivity contribution is 7.99. The second-order valence-electron chi connectivity index (χ2n) is 6.90. The largest absolute Gasteiger partial charge is 0.325 e. The number of halogens is 3. The molecule has 0 atom stereocenters. The number of fused-ring (bicyclic) bond motifs is 1. The van der Waals surface area contributed by atoms with Crippen LogP contribution in [0.5, 0.6) is 0 Å². The zero-order valence-corrected chi connectivity index (χ0v) is 18.8. The summed E-state index contributed by atoms with van der Waals surface area (Å²) in [6, 6.07) is 18.2. The molecule has 0 unspecified atom stereocenters. The highest BCUT2D eigenvalue weighted by Crippen LogP contribution is 2.22. The highest BCUT2D eigenvalue weighted by Gasteiger charge is 2.14. The first kappa shape index (κ1) is 22.3. The second-order valence-corrected chi connectivity index (χ2v) is 8.68. The smallest absolute Gasteiger partial charge is 0.262 e. The number of rotatable bonds is 6. The fourth-order valence-corrected chi connectivity index (χ4v) is 4.31. The van der Waals surface area contributed by atoms with Gasteiger partial charge in [0, 0.05) is 10.7 Å². The van der Waals surface area contributed by atoms with E-state index in [9.17, 15) is 14.0 Å². The number of nitrogens with one attached hydrogen (secondary N) is 1. The van der Waals surface area contributed by atoms with E-state index >= 15 is 0 Å². The second kappa shape index (κ2) is 9.73. The van der Waals surface area contributed by atoms with Crippen LogP contribution in [0.25, 0.3) is 10.9 Å². The van der Waals surface area contributed by atoms with Gasteiger partial charge in [0.05, 0.1) is 28.2 Å². The molecule has 1 amide bonds. The molecule has 1 aromatic heterocycles. The number of carbonyl (C=O) groups is 1. The molecule has 32 heavy (non-hydrogen) atoms. The number of aromatic nitrogens is 2. The van der Waals surface area contributed by atoms with Crippen LogP contribution in [0.4, 0.5) is 10.1 Å². The minimum absolute atomic E-state index is 0.00464. The van der Waals surface area contributed by atoms with Crippen molar-refractivity contribution in [3.63, 3.8) is 0 Å². The van der Waals surface area contributed by atoms with E-state index in [-0.39, 0.29) is 28.8 Å². The monoisotopic (exact) mass is 487 g/mol. The summed E-state index contributed by atoms with van der Waals surface area (Å²) in [5, 5.41) is 4.04. The Kier molecular flexibility index (Phi) is 6.79. The van der Waals surface area contributed by atoms with Crippen molar-refractivity contribution in [3.8, 4) is 0 Å². The number of nitrogens with zero attached hydrogens (tertiary/aromatic N) is 2. The van der Waals surface area contributed by atoms with Crippen molar-refractivity contribution >= 4 is 57.5 Å². The molecule has 4 aromatic rings. The molecule has 0 aliphatic heterocycles. The Hall–Kier alpha value is -2.87. The van der Waals surface area contributed by atoms with Crippen molar-refractivity contribution in [1.82, 2.24) is 9.55 Å². The van der Waals surface area contributed by atoms with Gasteiger partial charge in [0.1, 0.15) is 5.82 Å². The third-order valence-corrected chi connectivity index (χ3v) is 6.09. The van der Waals surface area contributed by atoms with Crippen LogP contribution >= 0.6 is 35.0 Å². The van der Waals surface area contributed by atoms with Crippen LogP contribution in [0, 0.1) is 5.82 Å². The Balaban J connectivity index is 1.61. The van der Waals surface area contributed by atoms with E-state index < -0.39 is 5.82 Å². The maximum Gasteiger partial charge on any atom is 0.262 e. The molecule has 9 heteroatoms. The van der Waals surface area contributed by atoms with Crippen LogP contribution in [0.2, 0.25) is 10.0 Å². The Labute approximate surface area is 197 Å². The Morgan fingerprint density at radius 2 is 1.88 bits per heavy atom.